The van der Waals surface area contributed by atoms with Crippen LogP contribution in [0, 0.1) is 5.92 Å². The molecule has 0 bridgehead atoms. The molecule has 1 heterocycles. The van der Waals surface area contributed by atoms with Crippen molar-refractivity contribution in [1.29, 1.82) is 0 Å². The number of piperidine rings is 1. The molecule has 7 nitrogen and oxygen atoms in total. The molecule has 1 saturated heterocycles. The molecule has 4 rings (SSSR count). The number of anilines is 2. The van der Waals surface area contributed by atoms with Gasteiger partial charge in [-0.25, -0.2) is 4.79 Å². The van der Waals surface area contributed by atoms with E-state index in [0.717, 1.165) is 11.3 Å². The Morgan fingerprint density at radius 1 is 0.794 bits per heavy atom. The van der Waals surface area contributed by atoms with Gasteiger partial charge in [-0.2, -0.15) is 0 Å². The maximum absolute atomic E-state index is 13.2. The highest BCUT2D eigenvalue weighted by atomic mass is 16.5. The predicted octanol–water partition coefficient (Wildman–Crippen LogP) is 4.98. The van der Waals surface area contributed by atoms with E-state index in [2.05, 4.69) is 10.6 Å². The van der Waals surface area contributed by atoms with E-state index in [1.54, 1.807) is 49.5 Å². The summed E-state index contributed by atoms with van der Waals surface area (Å²) in [6.45, 7) is 0.871. The van der Waals surface area contributed by atoms with Crippen LogP contribution in [0.1, 0.15) is 17.9 Å². The Morgan fingerprint density at radius 3 is 2.24 bits per heavy atom. The van der Waals surface area contributed by atoms with Gasteiger partial charge < -0.3 is 25.0 Å². The number of carbonyl (C=O) groups excluding carboxylic acids is 2. The van der Waals surface area contributed by atoms with E-state index in [1.807, 2.05) is 48.5 Å². The summed E-state index contributed by atoms with van der Waals surface area (Å²) in [7, 11) is 3.19. The molecule has 3 aromatic rings. The van der Waals surface area contributed by atoms with E-state index < -0.39 is 0 Å². The lowest BCUT2D eigenvalue weighted by molar-refractivity contribution is -0.121. The smallest absolute Gasteiger partial charge is 0.321 e. The van der Waals surface area contributed by atoms with Crippen LogP contribution < -0.4 is 20.1 Å². The summed E-state index contributed by atoms with van der Waals surface area (Å²) in [5.74, 6) is 0.971. The zero-order valence-corrected chi connectivity index (χ0v) is 19.4. The van der Waals surface area contributed by atoms with Crippen molar-refractivity contribution < 1.29 is 19.1 Å². The number of hydrogen-bond donors (Lipinski definition) is 2. The first-order valence-corrected chi connectivity index (χ1v) is 11.3. The molecule has 34 heavy (non-hydrogen) atoms. The largest absolute Gasteiger partial charge is 0.497 e. The molecule has 1 aliphatic rings. The van der Waals surface area contributed by atoms with Crippen LogP contribution in [0.5, 0.6) is 11.5 Å². The minimum absolute atomic E-state index is 0.0534. The van der Waals surface area contributed by atoms with Gasteiger partial charge in [0.2, 0.25) is 5.91 Å². The van der Waals surface area contributed by atoms with Crippen LogP contribution in [0.3, 0.4) is 0 Å². The maximum Gasteiger partial charge on any atom is 0.321 e. The Morgan fingerprint density at radius 2 is 1.53 bits per heavy atom. The van der Waals surface area contributed by atoms with Crippen molar-refractivity contribution in [2.75, 3.05) is 37.9 Å². The average molecular weight is 460 g/mol. The minimum atomic E-state index is -0.355. The van der Waals surface area contributed by atoms with Gasteiger partial charge in [-0.05, 0) is 48.4 Å². The highest BCUT2D eigenvalue weighted by Gasteiger charge is 2.34. The van der Waals surface area contributed by atoms with E-state index in [9.17, 15) is 9.59 Å². The van der Waals surface area contributed by atoms with Crippen molar-refractivity contribution >= 4 is 23.3 Å². The number of nitrogens with zero attached hydrogens (tertiary/aromatic N) is 1. The number of urea groups is 1. The summed E-state index contributed by atoms with van der Waals surface area (Å²) in [5.41, 5.74) is 2.45. The molecule has 0 aromatic heterocycles. The fourth-order valence-electron chi connectivity index (χ4n) is 4.24. The Hall–Kier alpha value is -4.00. The van der Waals surface area contributed by atoms with E-state index in [4.69, 9.17) is 9.47 Å². The Labute approximate surface area is 199 Å². The number of carbonyl (C=O) groups is 2. The SMILES string of the molecule is COc1ccc(NC(=O)N2C[C@H](C(=O)Nc3cccc(OC)c3)C[C@@H](c3ccccc3)C2)cc1. The molecule has 2 N–H and O–H groups in total. The number of ether oxygens (including phenoxy) is 2. The zero-order chi connectivity index (χ0) is 23.9. The highest BCUT2D eigenvalue weighted by Crippen LogP contribution is 2.32. The van der Waals surface area contributed by atoms with Gasteiger partial charge >= 0.3 is 6.03 Å². The van der Waals surface area contributed by atoms with Crippen molar-refractivity contribution in [2.24, 2.45) is 5.92 Å². The lowest BCUT2D eigenvalue weighted by atomic mass is 9.84. The molecule has 7 heteroatoms. The van der Waals surface area contributed by atoms with E-state index in [0.29, 0.717) is 36.6 Å². The molecular formula is C27H29N3O4. The molecule has 3 amide bonds. The average Bonchev–Trinajstić information content (AvgIpc) is 2.89. The normalized spacial score (nSPS) is 17.5. The van der Waals surface area contributed by atoms with Crippen molar-refractivity contribution in [3.8, 4) is 11.5 Å². The number of hydrogen-bond acceptors (Lipinski definition) is 4. The second-order valence-electron chi connectivity index (χ2n) is 8.33. The summed E-state index contributed by atoms with van der Waals surface area (Å²) in [6.07, 6.45) is 0.659. The van der Waals surface area contributed by atoms with Crippen LogP contribution in [0.25, 0.3) is 0 Å². The second-order valence-corrected chi connectivity index (χ2v) is 8.33. The van der Waals surface area contributed by atoms with Crippen LogP contribution in [0.15, 0.2) is 78.9 Å². The van der Waals surface area contributed by atoms with Crippen molar-refractivity contribution in [1.82, 2.24) is 4.90 Å². The number of methoxy groups -OCH3 is 2. The Kier molecular flexibility index (Phi) is 7.32. The summed E-state index contributed by atoms with van der Waals surface area (Å²) in [4.78, 5) is 28.1. The van der Waals surface area contributed by atoms with Crippen LogP contribution >= 0.6 is 0 Å². The third kappa shape index (κ3) is 5.67. The van der Waals surface area contributed by atoms with Gasteiger partial charge in [0.1, 0.15) is 11.5 Å². The number of amides is 3. The van der Waals surface area contributed by atoms with Crippen LogP contribution in [-0.4, -0.2) is 44.1 Å². The van der Waals surface area contributed by atoms with Gasteiger partial charge in [-0.15, -0.1) is 0 Å². The van der Waals surface area contributed by atoms with Gasteiger partial charge in [0, 0.05) is 36.4 Å². The molecule has 0 aliphatic carbocycles. The monoisotopic (exact) mass is 459 g/mol. The minimum Gasteiger partial charge on any atom is -0.497 e. The summed E-state index contributed by atoms with van der Waals surface area (Å²) >= 11 is 0. The topological polar surface area (TPSA) is 79.9 Å². The molecule has 3 aromatic carbocycles. The molecule has 0 radical (unpaired) electrons. The maximum atomic E-state index is 13.2. The first-order chi connectivity index (χ1) is 16.6. The Balaban J connectivity index is 1.51. The molecule has 1 fully saturated rings. The molecule has 0 saturated carbocycles. The molecular weight excluding hydrogens is 430 g/mol. The number of benzene rings is 3. The van der Waals surface area contributed by atoms with E-state index in [1.165, 1.54) is 0 Å². The number of rotatable bonds is 6. The highest BCUT2D eigenvalue weighted by molar-refractivity contribution is 5.94. The second kappa shape index (κ2) is 10.7. The van der Waals surface area contributed by atoms with Gasteiger partial charge in [-0.3, -0.25) is 4.79 Å². The first kappa shape index (κ1) is 23.2. The van der Waals surface area contributed by atoms with Crippen molar-refractivity contribution in [3.63, 3.8) is 0 Å². The van der Waals surface area contributed by atoms with Crippen LogP contribution in [-0.2, 0) is 4.79 Å². The lowest BCUT2D eigenvalue weighted by Gasteiger charge is -2.37. The number of nitrogens with one attached hydrogen (secondary N) is 2. The van der Waals surface area contributed by atoms with Crippen molar-refractivity contribution in [3.05, 3.63) is 84.4 Å². The first-order valence-electron chi connectivity index (χ1n) is 11.3. The summed E-state index contributed by atoms with van der Waals surface area (Å²) < 4.78 is 10.4. The Bertz CT molecular complexity index is 1120. The molecule has 2 atom stereocenters. The fraction of sp³-hybridized carbons (Fsp3) is 0.259. The fourth-order valence-corrected chi connectivity index (χ4v) is 4.24. The zero-order valence-electron chi connectivity index (χ0n) is 19.4. The van der Waals surface area contributed by atoms with Gasteiger partial charge in [0.25, 0.3) is 0 Å². The molecule has 176 valence electrons. The standard InChI is InChI=1S/C27H29N3O4/c1-33-24-13-11-22(12-14-24)29-27(32)30-17-20(19-7-4-3-5-8-19)15-21(18-30)26(31)28-23-9-6-10-25(16-23)34-2/h3-14,16,20-21H,15,17-18H2,1-2H3,(H,28,31)(H,29,32)/t20-,21-/m1/s1. The third-order valence-corrected chi connectivity index (χ3v) is 6.06. The lowest BCUT2D eigenvalue weighted by Crippen LogP contribution is -2.48. The van der Waals surface area contributed by atoms with Gasteiger partial charge in [0.15, 0.2) is 0 Å². The molecule has 0 spiro atoms. The quantitative estimate of drug-likeness (QED) is 0.545. The van der Waals surface area contributed by atoms with Gasteiger partial charge in [0.05, 0.1) is 20.1 Å². The van der Waals surface area contributed by atoms with Crippen LogP contribution in [0.2, 0.25) is 0 Å². The molecule has 1 aliphatic heterocycles. The molecule has 0 unspecified atom stereocenters. The summed E-state index contributed by atoms with van der Waals surface area (Å²) in [5, 5.41) is 5.93. The van der Waals surface area contributed by atoms with E-state index >= 15 is 0 Å². The van der Waals surface area contributed by atoms with Gasteiger partial charge in [-0.1, -0.05) is 36.4 Å². The summed E-state index contributed by atoms with van der Waals surface area (Å²) in [6, 6.07) is 24.2. The van der Waals surface area contributed by atoms with Crippen molar-refractivity contribution in [2.45, 2.75) is 12.3 Å². The van der Waals surface area contributed by atoms with E-state index in [-0.39, 0.29) is 23.8 Å². The number of likely N-dealkylation sites (tertiary alicyclic amines) is 1. The predicted molar refractivity (Wildman–Crippen MR) is 132 cm³/mol. The third-order valence-electron chi connectivity index (χ3n) is 6.06. The van der Waals surface area contributed by atoms with Crippen LogP contribution in [0.4, 0.5) is 16.2 Å².